The van der Waals surface area contributed by atoms with Crippen LogP contribution in [0.15, 0.2) is 146 Å². The third-order valence-corrected chi connectivity index (χ3v) is 17.4. The minimum Gasteiger partial charge on any atom is -0.324 e. The highest BCUT2D eigenvalue weighted by Gasteiger charge is 2.20. The first-order valence-corrected chi connectivity index (χ1v) is 31.1. The fraction of sp³-hybridized carbons (Fsp3) is 0.300. The highest BCUT2D eigenvalue weighted by molar-refractivity contribution is 6.89. The maximum Gasteiger partial charge on any atom is 0.0786 e. The summed E-state index contributed by atoms with van der Waals surface area (Å²) in [5, 5.41) is 2.98. The fourth-order valence-electron chi connectivity index (χ4n) is 8.49. The van der Waals surface area contributed by atoms with Crippen LogP contribution in [0.1, 0.15) is 85.4 Å². The van der Waals surface area contributed by atoms with Gasteiger partial charge in [-0.3, -0.25) is 0 Å². The van der Waals surface area contributed by atoms with Gasteiger partial charge < -0.3 is 9.38 Å². The van der Waals surface area contributed by atoms with Crippen molar-refractivity contribution < 1.29 is 4.48 Å². The fourth-order valence-corrected chi connectivity index (χ4v) is 10.8. The van der Waals surface area contributed by atoms with Crippen LogP contribution in [0.4, 0.5) is 17.1 Å². The Morgan fingerprint density at radius 1 is 0.359 bits per heavy atom. The van der Waals surface area contributed by atoms with Gasteiger partial charge in [0.2, 0.25) is 0 Å². The molecule has 0 amide bonds. The van der Waals surface area contributed by atoms with E-state index < -0.39 is 16.1 Å². The lowest BCUT2D eigenvalue weighted by Gasteiger charge is -2.35. The Labute approximate surface area is 390 Å². The molecule has 0 spiro atoms. The minimum atomic E-state index is -1.32. The van der Waals surface area contributed by atoms with Gasteiger partial charge in [0.05, 0.1) is 42.3 Å². The number of benzene rings is 6. The van der Waals surface area contributed by atoms with Crippen molar-refractivity contribution in [2.75, 3.05) is 31.1 Å². The number of unbranched alkanes of at least 4 members (excludes halogenated alkanes) is 3. The number of aryl methyl sites for hydroxylation is 1. The van der Waals surface area contributed by atoms with Crippen LogP contribution in [0.3, 0.4) is 0 Å². The standard InChI is InChI=1S/C60H75N2Si2/c1-10-62(11-2,12-3)48-16-14-13-15-17-49-18-20-50(21-19-49)22-23-51-28-38-56(39-29-51)61(57-40-30-52(31-41-57)24-26-54-34-44-59(45-35-54)63(4,5)6)58-42-32-53(33-43-58)25-27-55-36-46-60(47-37-55)64(7,8)9/h18-47H,10-17,48H2,1-9H3/q+1/b23-22+,26-24+,27-25+. The van der Waals surface area contributed by atoms with E-state index in [1.54, 1.807) is 0 Å². The van der Waals surface area contributed by atoms with Crippen LogP contribution in [0.2, 0.25) is 39.3 Å². The lowest BCUT2D eigenvalue weighted by Crippen LogP contribution is -2.48. The molecule has 0 fully saturated rings. The van der Waals surface area contributed by atoms with Crippen LogP contribution in [0, 0.1) is 0 Å². The zero-order valence-corrected chi connectivity index (χ0v) is 42.6. The molecule has 0 aliphatic heterocycles. The predicted octanol–water partition coefficient (Wildman–Crippen LogP) is 15.7. The third-order valence-electron chi connectivity index (χ3n) is 13.3. The Morgan fingerprint density at radius 2 is 0.641 bits per heavy atom. The molecule has 0 aliphatic rings. The Kier molecular flexibility index (Phi) is 17.0. The highest BCUT2D eigenvalue weighted by atomic mass is 28.3. The van der Waals surface area contributed by atoms with E-state index in [4.69, 9.17) is 0 Å². The van der Waals surface area contributed by atoms with Crippen LogP contribution >= 0.6 is 0 Å². The van der Waals surface area contributed by atoms with Gasteiger partial charge in [-0.25, -0.2) is 0 Å². The first-order chi connectivity index (χ1) is 30.8. The summed E-state index contributed by atoms with van der Waals surface area (Å²) in [5.74, 6) is 0. The molecule has 64 heavy (non-hydrogen) atoms. The molecular formula is C60H75N2Si2+. The van der Waals surface area contributed by atoms with Crippen molar-refractivity contribution in [3.8, 4) is 0 Å². The molecular weight excluding hydrogens is 805 g/mol. The number of quaternary nitrogens is 1. The molecule has 0 atom stereocenters. The molecule has 2 nitrogen and oxygen atoms in total. The number of hydrogen-bond donors (Lipinski definition) is 0. The second kappa shape index (κ2) is 22.6. The van der Waals surface area contributed by atoms with Gasteiger partial charge in [-0.2, -0.15) is 0 Å². The Morgan fingerprint density at radius 3 is 0.938 bits per heavy atom. The zero-order valence-electron chi connectivity index (χ0n) is 40.6. The van der Waals surface area contributed by atoms with Crippen LogP contribution in [-0.4, -0.2) is 46.8 Å². The van der Waals surface area contributed by atoms with Crippen molar-refractivity contribution in [1.82, 2.24) is 0 Å². The van der Waals surface area contributed by atoms with Gasteiger partial charge >= 0.3 is 0 Å². The van der Waals surface area contributed by atoms with Gasteiger partial charge in [0.15, 0.2) is 0 Å². The van der Waals surface area contributed by atoms with E-state index in [0.717, 1.165) is 23.5 Å². The van der Waals surface area contributed by atoms with Gasteiger partial charge in [-0.05, 0) is 122 Å². The summed E-state index contributed by atoms with van der Waals surface area (Å²) < 4.78 is 1.27. The Bertz CT molecular complexity index is 2290. The lowest BCUT2D eigenvalue weighted by molar-refractivity contribution is -0.923. The van der Waals surface area contributed by atoms with Crippen molar-refractivity contribution >= 4 is 80.0 Å². The van der Waals surface area contributed by atoms with E-state index in [0.29, 0.717) is 0 Å². The number of hydrogen-bond acceptors (Lipinski definition) is 1. The minimum absolute atomic E-state index is 1.12. The molecule has 0 unspecified atom stereocenters. The monoisotopic (exact) mass is 880 g/mol. The lowest BCUT2D eigenvalue weighted by atomic mass is 10.0. The van der Waals surface area contributed by atoms with E-state index in [1.165, 1.54) is 106 Å². The van der Waals surface area contributed by atoms with Gasteiger partial charge in [0.25, 0.3) is 0 Å². The molecule has 0 N–H and O–H groups in total. The maximum atomic E-state index is 2.40. The van der Waals surface area contributed by atoms with Crippen LogP contribution in [0.25, 0.3) is 36.5 Å². The van der Waals surface area contributed by atoms with E-state index in [2.05, 4.69) is 247 Å². The highest BCUT2D eigenvalue weighted by Crippen LogP contribution is 2.35. The molecule has 0 aromatic heterocycles. The van der Waals surface area contributed by atoms with E-state index in [-0.39, 0.29) is 0 Å². The summed E-state index contributed by atoms with van der Waals surface area (Å²) in [6.07, 6.45) is 19.8. The van der Waals surface area contributed by atoms with Gasteiger partial charge in [-0.1, -0.05) is 202 Å². The normalized spacial score (nSPS) is 12.5. The third kappa shape index (κ3) is 13.9. The first-order valence-electron chi connectivity index (χ1n) is 24.1. The second-order valence-corrected chi connectivity index (χ2v) is 29.9. The summed E-state index contributed by atoms with van der Waals surface area (Å²) in [5.41, 5.74) is 12.0. The van der Waals surface area contributed by atoms with Crippen molar-refractivity contribution in [3.05, 3.63) is 185 Å². The molecule has 6 aromatic rings. The van der Waals surface area contributed by atoms with E-state index >= 15 is 0 Å². The molecule has 6 rings (SSSR count). The molecule has 4 heteroatoms. The number of anilines is 3. The van der Waals surface area contributed by atoms with Crippen molar-refractivity contribution in [3.63, 3.8) is 0 Å². The summed E-state index contributed by atoms with van der Waals surface area (Å²) in [6, 6.07) is 54.1. The Hall–Kier alpha value is -5.27. The topological polar surface area (TPSA) is 3.24 Å². The molecule has 0 bridgehead atoms. The molecule has 0 saturated heterocycles. The largest absolute Gasteiger partial charge is 0.324 e. The number of rotatable bonds is 21. The average Bonchev–Trinajstić information content (AvgIpc) is 3.31. The molecule has 332 valence electrons. The Balaban J connectivity index is 1.13. The molecule has 0 heterocycles. The van der Waals surface area contributed by atoms with E-state index in [1.807, 2.05) is 0 Å². The quantitative estimate of drug-likeness (QED) is 0.0301. The van der Waals surface area contributed by atoms with Crippen LogP contribution in [0.5, 0.6) is 0 Å². The first kappa shape index (κ1) is 48.2. The maximum absolute atomic E-state index is 2.40. The van der Waals surface area contributed by atoms with Crippen molar-refractivity contribution in [2.45, 2.75) is 92.2 Å². The average molecular weight is 880 g/mol. The SMILES string of the molecule is CC[N+](CC)(CC)CCCCCCc1ccc(/C=C/c2ccc(N(c3ccc(/C=C/c4ccc([Si](C)(C)C)cc4)cc3)c3ccc(/C=C/c4ccc([Si](C)(C)C)cc4)cc3)cc2)cc1. The van der Waals surface area contributed by atoms with Crippen LogP contribution < -0.4 is 15.3 Å². The summed E-state index contributed by atoms with van der Waals surface area (Å²) >= 11 is 0. The summed E-state index contributed by atoms with van der Waals surface area (Å²) in [7, 11) is -2.63. The second-order valence-electron chi connectivity index (χ2n) is 19.8. The van der Waals surface area contributed by atoms with Crippen molar-refractivity contribution in [2.24, 2.45) is 0 Å². The van der Waals surface area contributed by atoms with Crippen LogP contribution in [-0.2, 0) is 6.42 Å². The van der Waals surface area contributed by atoms with E-state index in [9.17, 15) is 0 Å². The predicted molar refractivity (Wildman–Crippen MR) is 292 cm³/mol. The molecule has 6 aromatic carbocycles. The summed E-state index contributed by atoms with van der Waals surface area (Å²) in [6.45, 7) is 26.5. The van der Waals surface area contributed by atoms with Gasteiger partial charge in [-0.15, -0.1) is 0 Å². The molecule has 0 aliphatic carbocycles. The number of nitrogens with zero attached hydrogens (tertiary/aromatic N) is 2. The smallest absolute Gasteiger partial charge is 0.0786 e. The van der Waals surface area contributed by atoms with Crippen molar-refractivity contribution in [1.29, 1.82) is 0 Å². The van der Waals surface area contributed by atoms with Gasteiger partial charge in [0.1, 0.15) is 0 Å². The molecule has 0 saturated carbocycles. The van der Waals surface area contributed by atoms with Gasteiger partial charge in [0, 0.05) is 17.1 Å². The summed E-state index contributed by atoms with van der Waals surface area (Å²) in [4.78, 5) is 2.35. The molecule has 0 radical (unpaired) electrons. The zero-order chi connectivity index (χ0) is 45.6.